The van der Waals surface area contributed by atoms with E-state index in [0.29, 0.717) is 23.3 Å². The van der Waals surface area contributed by atoms with Gasteiger partial charge in [-0.05, 0) is 31.3 Å². The topological polar surface area (TPSA) is 51.0 Å². The Morgan fingerprint density at radius 3 is 2.62 bits per heavy atom. The predicted octanol–water partition coefficient (Wildman–Crippen LogP) is 2.53. The Balaban J connectivity index is 0.00000128. The molecule has 6 heteroatoms. The maximum atomic E-state index is 5.78. The zero-order valence-corrected chi connectivity index (χ0v) is 10.2. The summed E-state index contributed by atoms with van der Waals surface area (Å²) in [7, 11) is 1.83. The lowest BCUT2D eigenvalue weighted by molar-refractivity contribution is 0.372. The second-order valence-electron chi connectivity index (χ2n) is 3.05. The third-order valence-electron chi connectivity index (χ3n) is 1.90. The van der Waals surface area contributed by atoms with Gasteiger partial charge >= 0.3 is 0 Å². The average molecular weight is 260 g/mol. The van der Waals surface area contributed by atoms with Crippen molar-refractivity contribution in [1.82, 2.24) is 15.5 Å². The third kappa shape index (κ3) is 2.95. The smallest absolute Gasteiger partial charge is 0.240 e. The largest absolute Gasteiger partial charge is 0.338 e. The molecule has 0 aliphatic carbocycles. The molecule has 0 aliphatic heterocycles. The van der Waals surface area contributed by atoms with Crippen LogP contribution in [0.2, 0.25) is 5.02 Å². The number of benzene rings is 1. The molecule has 0 saturated heterocycles. The third-order valence-corrected chi connectivity index (χ3v) is 2.15. The number of hydrogen-bond acceptors (Lipinski definition) is 4. The van der Waals surface area contributed by atoms with Gasteiger partial charge in [0.15, 0.2) is 0 Å². The molecule has 86 valence electrons. The Morgan fingerprint density at radius 1 is 1.31 bits per heavy atom. The van der Waals surface area contributed by atoms with Crippen LogP contribution in [0.5, 0.6) is 0 Å². The van der Waals surface area contributed by atoms with Crippen LogP contribution in [0.4, 0.5) is 0 Å². The molecule has 0 spiro atoms. The second kappa shape index (κ2) is 5.84. The Hall–Kier alpha value is -1.10. The minimum absolute atomic E-state index is 0. The van der Waals surface area contributed by atoms with Gasteiger partial charge in [0, 0.05) is 10.6 Å². The standard InChI is InChI=1S/C10H10ClN3O.ClH/c1-12-6-9-13-10(14-15-9)7-2-4-8(11)5-3-7;/h2-5,12H,6H2,1H3;1H. The molecule has 1 heterocycles. The molecule has 1 N–H and O–H groups in total. The molecule has 4 nitrogen and oxygen atoms in total. The van der Waals surface area contributed by atoms with Gasteiger partial charge in [-0.25, -0.2) is 0 Å². The van der Waals surface area contributed by atoms with Crippen molar-refractivity contribution < 1.29 is 4.52 Å². The van der Waals surface area contributed by atoms with Gasteiger partial charge in [-0.1, -0.05) is 16.8 Å². The lowest BCUT2D eigenvalue weighted by atomic mass is 10.2. The van der Waals surface area contributed by atoms with Gasteiger partial charge in [0.1, 0.15) is 0 Å². The molecule has 1 aromatic heterocycles. The molecule has 0 unspecified atom stereocenters. The normalized spacial score (nSPS) is 9.88. The summed E-state index contributed by atoms with van der Waals surface area (Å²) in [5, 5.41) is 7.50. The van der Waals surface area contributed by atoms with Crippen molar-refractivity contribution in [3.8, 4) is 11.4 Å². The first kappa shape index (κ1) is 13.0. The van der Waals surface area contributed by atoms with E-state index in [4.69, 9.17) is 16.1 Å². The van der Waals surface area contributed by atoms with Gasteiger partial charge in [0.05, 0.1) is 6.54 Å². The van der Waals surface area contributed by atoms with Gasteiger partial charge in [0.2, 0.25) is 11.7 Å². The van der Waals surface area contributed by atoms with E-state index in [1.165, 1.54) is 0 Å². The van der Waals surface area contributed by atoms with Crippen LogP contribution in [0.25, 0.3) is 11.4 Å². The van der Waals surface area contributed by atoms with E-state index in [2.05, 4.69) is 15.5 Å². The van der Waals surface area contributed by atoms with Gasteiger partial charge in [-0.15, -0.1) is 12.4 Å². The van der Waals surface area contributed by atoms with E-state index >= 15 is 0 Å². The molecule has 0 fully saturated rings. The van der Waals surface area contributed by atoms with E-state index in [-0.39, 0.29) is 12.4 Å². The maximum absolute atomic E-state index is 5.78. The molecule has 2 rings (SSSR count). The minimum Gasteiger partial charge on any atom is -0.338 e. The van der Waals surface area contributed by atoms with Crippen molar-refractivity contribution in [1.29, 1.82) is 0 Å². The van der Waals surface area contributed by atoms with Crippen molar-refractivity contribution in [2.75, 3.05) is 7.05 Å². The van der Waals surface area contributed by atoms with Crippen molar-refractivity contribution in [2.24, 2.45) is 0 Å². The fourth-order valence-corrected chi connectivity index (χ4v) is 1.32. The number of nitrogens with one attached hydrogen (secondary N) is 1. The first-order valence-electron chi connectivity index (χ1n) is 4.52. The summed E-state index contributed by atoms with van der Waals surface area (Å²) in [6.45, 7) is 0.570. The van der Waals surface area contributed by atoms with Crippen LogP contribution in [-0.2, 0) is 6.54 Å². The Bertz CT molecular complexity index is 442. The average Bonchev–Trinajstić information content (AvgIpc) is 2.68. The van der Waals surface area contributed by atoms with Crippen LogP contribution < -0.4 is 5.32 Å². The van der Waals surface area contributed by atoms with E-state index in [9.17, 15) is 0 Å². The van der Waals surface area contributed by atoms with E-state index in [1.807, 2.05) is 19.2 Å². The molecule has 0 saturated carbocycles. The molecule has 0 aliphatic rings. The highest BCUT2D eigenvalue weighted by molar-refractivity contribution is 6.30. The first-order valence-corrected chi connectivity index (χ1v) is 4.90. The monoisotopic (exact) mass is 259 g/mol. The summed E-state index contributed by atoms with van der Waals surface area (Å²) in [5.74, 6) is 1.15. The predicted molar refractivity (Wildman–Crippen MR) is 64.8 cm³/mol. The molecule has 0 radical (unpaired) electrons. The fourth-order valence-electron chi connectivity index (χ4n) is 1.19. The summed E-state index contributed by atoms with van der Waals surface area (Å²) >= 11 is 5.78. The highest BCUT2D eigenvalue weighted by Crippen LogP contribution is 2.18. The summed E-state index contributed by atoms with van der Waals surface area (Å²) in [6, 6.07) is 7.31. The summed E-state index contributed by atoms with van der Waals surface area (Å²) in [4.78, 5) is 4.22. The Labute approximate surface area is 104 Å². The fraction of sp³-hybridized carbons (Fsp3) is 0.200. The van der Waals surface area contributed by atoms with E-state index in [1.54, 1.807) is 12.1 Å². The number of hydrogen-bond donors (Lipinski definition) is 1. The van der Waals surface area contributed by atoms with Crippen molar-refractivity contribution >= 4 is 24.0 Å². The number of aromatic nitrogens is 2. The number of halogens is 2. The van der Waals surface area contributed by atoms with Crippen molar-refractivity contribution in [2.45, 2.75) is 6.54 Å². The molecular weight excluding hydrogens is 249 g/mol. The number of nitrogens with zero attached hydrogens (tertiary/aromatic N) is 2. The minimum atomic E-state index is 0. The molecule has 0 amide bonds. The lowest BCUT2D eigenvalue weighted by Crippen LogP contribution is -2.04. The van der Waals surface area contributed by atoms with Crippen LogP contribution >= 0.6 is 24.0 Å². The molecular formula is C10H11Cl2N3O. The van der Waals surface area contributed by atoms with E-state index < -0.39 is 0 Å². The van der Waals surface area contributed by atoms with Crippen LogP contribution in [0.3, 0.4) is 0 Å². The SMILES string of the molecule is CNCc1nc(-c2ccc(Cl)cc2)no1.Cl. The van der Waals surface area contributed by atoms with Gasteiger partial charge in [-0.3, -0.25) is 0 Å². The summed E-state index contributed by atoms with van der Waals surface area (Å²) in [6.07, 6.45) is 0. The van der Waals surface area contributed by atoms with Crippen LogP contribution in [0.15, 0.2) is 28.8 Å². The molecule has 0 atom stereocenters. The number of rotatable bonds is 3. The molecule has 1 aromatic carbocycles. The summed E-state index contributed by atoms with van der Waals surface area (Å²) in [5.41, 5.74) is 0.894. The quantitative estimate of drug-likeness (QED) is 0.921. The highest BCUT2D eigenvalue weighted by atomic mass is 35.5. The van der Waals surface area contributed by atoms with Crippen LogP contribution in [-0.4, -0.2) is 17.2 Å². The van der Waals surface area contributed by atoms with E-state index in [0.717, 1.165) is 5.56 Å². The molecule has 16 heavy (non-hydrogen) atoms. The molecule has 2 aromatic rings. The Morgan fingerprint density at radius 2 is 2.00 bits per heavy atom. The van der Waals surface area contributed by atoms with Crippen LogP contribution in [0, 0.1) is 0 Å². The Kier molecular flexibility index (Phi) is 4.73. The van der Waals surface area contributed by atoms with Crippen LogP contribution in [0.1, 0.15) is 5.89 Å². The highest BCUT2D eigenvalue weighted by Gasteiger charge is 2.06. The van der Waals surface area contributed by atoms with Crippen molar-refractivity contribution in [3.05, 3.63) is 35.2 Å². The zero-order valence-electron chi connectivity index (χ0n) is 8.61. The second-order valence-corrected chi connectivity index (χ2v) is 3.49. The maximum Gasteiger partial charge on any atom is 0.240 e. The summed E-state index contributed by atoms with van der Waals surface area (Å²) < 4.78 is 5.03. The van der Waals surface area contributed by atoms with Gasteiger partial charge in [-0.2, -0.15) is 4.98 Å². The first-order chi connectivity index (χ1) is 7.29. The van der Waals surface area contributed by atoms with Gasteiger partial charge < -0.3 is 9.84 Å². The zero-order chi connectivity index (χ0) is 10.7. The van der Waals surface area contributed by atoms with Crippen molar-refractivity contribution in [3.63, 3.8) is 0 Å². The lowest BCUT2D eigenvalue weighted by Gasteiger charge is -1.93. The molecule has 0 bridgehead atoms. The van der Waals surface area contributed by atoms with Gasteiger partial charge in [0.25, 0.3) is 0 Å².